The van der Waals surface area contributed by atoms with E-state index in [1.807, 2.05) is 6.92 Å². The number of carbonyl (C=O) groups is 1. The predicted molar refractivity (Wildman–Crippen MR) is 115 cm³/mol. The van der Waals surface area contributed by atoms with Gasteiger partial charge in [0.2, 0.25) is 6.54 Å². The lowest BCUT2D eigenvalue weighted by Gasteiger charge is -2.10. The highest BCUT2D eigenvalue weighted by Crippen LogP contribution is 2.34. The summed E-state index contributed by atoms with van der Waals surface area (Å²) in [7, 11) is 0. The maximum absolute atomic E-state index is 14.8. The number of nitrogens with one attached hydrogen (secondary N) is 2. The zero-order valence-corrected chi connectivity index (χ0v) is 16.4. The van der Waals surface area contributed by atoms with Gasteiger partial charge in [0.25, 0.3) is 0 Å². The van der Waals surface area contributed by atoms with Gasteiger partial charge in [0.05, 0.1) is 11.3 Å². The van der Waals surface area contributed by atoms with Crippen LogP contribution < -0.4 is 16.4 Å². The van der Waals surface area contributed by atoms with Gasteiger partial charge in [0.15, 0.2) is 5.82 Å². The minimum atomic E-state index is -0.645. The van der Waals surface area contributed by atoms with Crippen LogP contribution in [0.2, 0.25) is 0 Å². The molecular weight excluding hydrogens is 399 g/mol. The number of nitrogens with zero attached hydrogens (tertiary/aromatic N) is 5. The smallest absolute Gasteiger partial charge is 0.324 e. The summed E-state index contributed by atoms with van der Waals surface area (Å²) in [5.74, 6) is -0.0728. The Kier molecular flexibility index (Phi) is 5.15. The number of halogens is 1. The van der Waals surface area contributed by atoms with E-state index >= 15 is 0 Å². The first-order chi connectivity index (χ1) is 15.0. The van der Waals surface area contributed by atoms with Crippen LogP contribution in [0.3, 0.4) is 0 Å². The van der Waals surface area contributed by atoms with Crippen molar-refractivity contribution in [2.75, 3.05) is 16.4 Å². The van der Waals surface area contributed by atoms with Crippen LogP contribution in [-0.4, -0.2) is 25.6 Å². The van der Waals surface area contributed by atoms with Gasteiger partial charge in [-0.05, 0) is 42.3 Å². The fourth-order valence-corrected chi connectivity index (χ4v) is 3.26. The Hall–Kier alpha value is -4.52. The summed E-state index contributed by atoms with van der Waals surface area (Å²) >= 11 is 0. The number of carbonyl (C=O) groups excluding carboxylic acids is 1. The van der Waals surface area contributed by atoms with Crippen LogP contribution in [0.4, 0.5) is 26.5 Å². The lowest BCUT2D eigenvalue weighted by molar-refractivity contribution is 0.262. The topological polar surface area (TPSA) is 115 Å². The molecule has 2 amide bonds. The van der Waals surface area contributed by atoms with E-state index in [0.717, 1.165) is 5.56 Å². The van der Waals surface area contributed by atoms with Gasteiger partial charge in [-0.1, -0.05) is 6.07 Å². The number of aromatic nitrogens is 4. The van der Waals surface area contributed by atoms with E-state index in [0.29, 0.717) is 28.0 Å². The highest BCUT2D eigenvalue weighted by Gasteiger charge is 2.19. The van der Waals surface area contributed by atoms with Gasteiger partial charge in [-0.15, -0.1) is 0 Å². The predicted octanol–water partition coefficient (Wildman–Crippen LogP) is 3.88. The molecule has 10 heteroatoms. The SMILES string of the molecule is [C-]#[N+]Cc1cn2ncnc(N)c2c1-c1ccc(NC(=O)Nc2cc(C)ccn2)c(F)c1. The van der Waals surface area contributed by atoms with Gasteiger partial charge in [0.1, 0.15) is 23.5 Å². The van der Waals surface area contributed by atoms with Crippen molar-refractivity contribution in [3.05, 3.63) is 77.4 Å². The maximum Gasteiger partial charge on any atom is 0.324 e. The van der Waals surface area contributed by atoms with Crippen LogP contribution in [0.15, 0.2) is 49.1 Å². The minimum Gasteiger partial charge on any atom is -0.382 e. The number of aryl methyl sites for hydroxylation is 1. The molecule has 0 aliphatic carbocycles. The molecule has 4 N–H and O–H groups in total. The second-order valence-corrected chi connectivity index (χ2v) is 6.78. The number of hydrogen-bond donors (Lipinski definition) is 3. The molecule has 0 fully saturated rings. The molecule has 0 saturated carbocycles. The van der Waals surface area contributed by atoms with Gasteiger partial charge in [-0.25, -0.2) is 30.2 Å². The van der Waals surface area contributed by atoms with Gasteiger partial charge in [0, 0.05) is 18.0 Å². The Morgan fingerprint density at radius 1 is 1.26 bits per heavy atom. The maximum atomic E-state index is 14.8. The van der Waals surface area contributed by atoms with Crippen LogP contribution in [0.25, 0.3) is 21.5 Å². The molecule has 3 heterocycles. The van der Waals surface area contributed by atoms with Crippen molar-refractivity contribution in [1.29, 1.82) is 0 Å². The van der Waals surface area contributed by atoms with Crippen molar-refractivity contribution in [1.82, 2.24) is 19.6 Å². The summed E-state index contributed by atoms with van der Waals surface area (Å²) in [5, 5.41) is 9.15. The molecule has 0 aliphatic rings. The Labute approximate surface area is 176 Å². The zero-order valence-electron chi connectivity index (χ0n) is 16.4. The molecule has 1 aromatic carbocycles. The third-order valence-electron chi connectivity index (χ3n) is 4.59. The lowest BCUT2D eigenvalue weighted by Crippen LogP contribution is -2.20. The molecule has 0 atom stereocenters. The highest BCUT2D eigenvalue weighted by atomic mass is 19.1. The molecule has 0 aliphatic heterocycles. The van der Waals surface area contributed by atoms with Gasteiger partial charge in [-0.3, -0.25) is 5.32 Å². The van der Waals surface area contributed by atoms with Gasteiger partial charge >= 0.3 is 6.03 Å². The van der Waals surface area contributed by atoms with Crippen LogP contribution in [0.1, 0.15) is 11.1 Å². The molecule has 0 spiro atoms. The molecule has 4 rings (SSSR count). The molecule has 4 aromatic rings. The number of rotatable bonds is 4. The van der Waals surface area contributed by atoms with Crippen molar-refractivity contribution in [2.45, 2.75) is 13.5 Å². The monoisotopic (exact) mass is 416 g/mol. The van der Waals surface area contributed by atoms with E-state index in [4.69, 9.17) is 12.3 Å². The molecule has 0 bridgehead atoms. The number of fused-ring (bicyclic) bond motifs is 1. The first-order valence-corrected chi connectivity index (χ1v) is 9.20. The number of anilines is 3. The van der Waals surface area contributed by atoms with E-state index in [1.165, 1.54) is 23.0 Å². The summed E-state index contributed by atoms with van der Waals surface area (Å²) in [6, 6.07) is 7.23. The molecule has 3 aromatic heterocycles. The second-order valence-electron chi connectivity index (χ2n) is 6.78. The summed E-state index contributed by atoms with van der Waals surface area (Å²) in [4.78, 5) is 23.7. The first kappa shape index (κ1) is 19.8. The average Bonchev–Trinajstić information content (AvgIpc) is 3.09. The largest absolute Gasteiger partial charge is 0.382 e. The number of hydrogen-bond acceptors (Lipinski definition) is 5. The van der Waals surface area contributed by atoms with Gasteiger partial charge in [-0.2, -0.15) is 5.10 Å². The fourth-order valence-electron chi connectivity index (χ4n) is 3.26. The highest BCUT2D eigenvalue weighted by molar-refractivity contribution is 5.99. The van der Waals surface area contributed by atoms with E-state index in [2.05, 4.69) is 30.5 Å². The summed E-state index contributed by atoms with van der Waals surface area (Å²) in [6.45, 7) is 9.14. The standard InChI is InChI=1S/C21H17FN8O/c1-12-5-6-25-17(7-12)29-21(31)28-16-4-3-13(8-15(16)22)18-14(9-24-2)10-30-19(18)20(23)26-11-27-30/h3-8,10-11H,9H2,1H3,(H2,23,26,27)(H2,25,28,29,31). The average molecular weight is 416 g/mol. The third kappa shape index (κ3) is 3.97. The third-order valence-corrected chi connectivity index (χ3v) is 4.59. The number of urea groups is 1. The van der Waals surface area contributed by atoms with Crippen LogP contribution in [0, 0.1) is 19.3 Å². The van der Waals surface area contributed by atoms with E-state index in [1.54, 1.807) is 30.6 Å². The molecule has 31 heavy (non-hydrogen) atoms. The number of nitrogen functional groups attached to an aromatic ring is 1. The number of amides is 2. The normalized spacial score (nSPS) is 10.6. The van der Waals surface area contributed by atoms with Crippen LogP contribution in [-0.2, 0) is 6.54 Å². The first-order valence-electron chi connectivity index (χ1n) is 9.20. The van der Waals surface area contributed by atoms with E-state index in [9.17, 15) is 9.18 Å². The van der Waals surface area contributed by atoms with Crippen molar-refractivity contribution >= 4 is 28.9 Å². The molecule has 9 nitrogen and oxygen atoms in total. The van der Waals surface area contributed by atoms with Crippen LogP contribution in [0.5, 0.6) is 0 Å². The quantitative estimate of drug-likeness (QED) is 0.437. The number of pyridine rings is 1. The number of nitrogens with two attached hydrogens (primary N) is 1. The minimum absolute atomic E-state index is 0.00614. The molecule has 0 unspecified atom stereocenters. The Morgan fingerprint density at radius 3 is 2.84 bits per heavy atom. The van der Waals surface area contributed by atoms with Crippen molar-refractivity contribution in [3.63, 3.8) is 0 Å². The Bertz CT molecular complexity index is 1340. The van der Waals surface area contributed by atoms with E-state index < -0.39 is 11.8 Å². The summed E-state index contributed by atoms with van der Waals surface area (Å²) in [5.41, 5.74) is 9.13. The number of benzene rings is 1. The molecular formula is C21H17FN8O. The summed E-state index contributed by atoms with van der Waals surface area (Å²) < 4.78 is 16.4. The Morgan fingerprint density at radius 2 is 2.10 bits per heavy atom. The second kappa shape index (κ2) is 8.08. The zero-order chi connectivity index (χ0) is 22.0. The van der Waals surface area contributed by atoms with Gasteiger partial charge < -0.3 is 15.9 Å². The Balaban J connectivity index is 1.64. The lowest BCUT2D eigenvalue weighted by atomic mass is 10.0. The van der Waals surface area contributed by atoms with E-state index in [-0.39, 0.29) is 18.1 Å². The van der Waals surface area contributed by atoms with Crippen LogP contribution >= 0.6 is 0 Å². The van der Waals surface area contributed by atoms with Crippen molar-refractivity contribution in [3.8, 4) is 11.1 Å². The molecule has 154 valence electrons. The molecule has 0 saturated heterocycles. The summed E-state index contributed by atoms with van der Waals surface area (Å²) in [6.07, 6.45) is 4.55. The fraction of sp³-hybridized carbons (Fsp3) is 0.0952. The van der Waals surface area contributed by atoms with Crippen molar-refractivity contribution in [2.24, 2.45) is 0 Å². The molecule has 0 radical (unpaired) electrons. The van der Waals surface area contributed by atoms with Crippen molar-refractivity contribution < 1.29 is 9.18 Å².